The first kappa shape index (κ1) is 13.9. The predicted octanol–water partition coefficient (Wildman–Crippen LogP) is 2.30. The number of benzene rings is 1. The lowest BCUT2D eigenvalue weighted by Crippen LogP contribution is -2.40. The van der Waals surface area contributed by atoms with Gasteiger partial charge in [0.2, 0.25) is 5.91 Å². The summed E-state index contributed by atoms with van der Waals surface area (Å²) in [4.78, 5) is 13.0. The Kier molecular flexibility index (Phi) is 4.14. The maximum atomic E-state index is 13.6. The number of carbonyl (C=O) groups excluding carboxylic acids is 1. The first-order valence-electron chi connectivity index (χ1n) is 6.28. The number of nitrogens with two attached hydrogens (primary N) is 2. The molecule has 19 heavy (non-hydrogen) atoms. The molecule has 0 spiro atoms. The van der Waals surface area contributed by atoms with E-state index in [-0.39, 0.29) is 17.6 Å². The van der Waals surface area contributed by atoms with E-state index >= 15 is 0 Å². The zero-order valence-corrected chi connectivity index (χ0v) is 11.3. The molecular formula is C13H17ClFN3O. The topological polar surface area (TPSA) is 72.4 Å². The third-order valence-electron chi connectivity index (χ3n) is 3.47. The van der Waals surface area contributed by atoms with Gasteiger partial charge in [0, 0.05) is 12.1 Å². The van der Waals surface area contributed by atoms with Gasteiger partial charge in [-0.25, -0.2) is 4.39 Å². The number of hydrogen-bond donors (Lipinski definition) is 2. The predicted molar refractivity (Wildman–Crippen MR) is 74.6 cm³/mol. The van der Waals surface area contributed by atoms with Crippen LogP contribution in [0.15, 0.2) is 12.1 Å². The van der Waals surface area contributed by atoms with Crippen LogP contribution in [0.4, 0.5) is 15.8 Å². The summed E-state index contributed by atoms with van der Waals surface area (Å²) in [6.45, 7) is 0.0376. The monoisotopic (exact) mass is 285 g/mol. The number of nitrogens with zero attached hydrogens (tertiary/aromatic N) is 1. The van der Waals surface area contributed by atoms with Gasteiger partial charge in [-0.15, -0.1) is 0 Å². The Morgan fingerprint density at radius 1 is 1.42 bits per heavy atom. The third-order valence-corrected chi connectivity index (χ3v) is 3.76. The fourth-order valence-electron chi connectivity index (χ4n) is 2.60. The molecule has 1 aromatic rings. The molecule has 4 nitrogen and oxygen atoms in total. The van der Waals surface area contributed by atoms with Gasteiger partial charge in [0.05, 0.1) is 22.9 Å². The number of hydrogen-bond acceptors (Lipinski definition) is 3. The Bertz CT molecular complexity index is 489. The minimum atomic E-state index is -0.543. The highest BCUT2D eigenvalue weighted by molar-refractivity contribution is 6.31. The Hall–Kier alpha value is -1.49. The normalized spacial score (nSPS) is 15.7. The minimum absolute atomic E-state index is 0.0216. The van der Waals surface area contributed by atoms with Crippen LogP contribution in [0.25, 0.3) is 0 Å². The van der Waals surface area contributed by atoms with Gasteiger partial charge in [-0.3, -0.25) is 4.79 Å². The lowest BCUT2D eigenvalue weighted by molar-refractivity contribution is -0.116. The van der Waals surface area contributed by atoms with Crippen LogP contribution < -0.4 is 16.4 Å². The molecule has 0 aromatic heterocycles. The summed E-state index contributed by atoms with van der Waals surface area (Å²) in [7, 11) is 0. The van der Waals surface area contributed by atoms with Crippen LogP contribution in [0, 0.1) is 5.82 Å². The minimum Gasteiger partial charge on any atom is -0.397 e. The van der Waals surface area contributed by atoms with Gasteiger partial charge in [0.25, 0.3) is 0 Å². The van der Waals surface area contributed by atoms with Gasteiger partial charge in [0.15, 0.2) is 0 Å². The van der Waals surface area contributed by atoms with Crippen LogP contribution in [0.2, 0.25) is 5.02 Å². The van der Waals surface area contributed by atoms with E-state index in [1.165, 1.54) is 12.1 Å². The Morgan fingerprint density at radius 3 is 2.63 bits per heavy atom. The average molecular weight is 286 g/mol. The number of rotatable bonds is 4. The van der Waals surface area contributed by atoms with Gasteiger partial charge in [-0.05, 0) is 18.9 Å². The number of primary amides is 1. The van der Waals surface area contributed by atoms with E-state index in [1.54, 1.807) is 4.90 Å². The molecule has 0 saturated heterocycles. The molecule has 0 radical (unpaired) electrons. The zero-order chi connectivity index (χ0) is 14.0. The molecule has 0 aliphatic heterocycles. The Labute approximate surface area is 116 Å². The molecule has 2 rings (SSSR count). The van der Waals surface area contributed by atoms with E-state index in [9.17, 15) is 9.18 Å². The largest absolute Gasteiger partial charge is 0.397 e. The lowest BCUT2D eigenvalue weighted by atomic mass is 10.1. The van der Waals surface area contributed by atoms with Crippen molar-refractivity contribution in [1.29, 1.82) is 0 Å². The molecule has 1 aliphatic rings. The quantitative estimate of drug-likeness (QED) is 0.834. The van der Waals surface area contributed by atoms with Crippen molar-refractivity contribution in [3.8, 4) is 0 Å². The van der Waals surface area contributed by atoms with Crippen LogP contribution >= 0.6 is 11.6 Å². The SMILES string of the molecule is NC(=O)CN(c1cc(F)c(Cl)cc1N)C1CCCC1. The Balaban J connectivity index is 2.36. The summed E-state index contributed by atoms with van der Waals surface area (Å²) >= 11 is 5.69. The fraction of sp³-hybridized carbons (Fsp3) is 0.462. The van der Waals surface area contributed by atoms with Crippen molar-refractivity contribution in [1.82, 2.24) is 0 Å². The van der Waals surface area contributed by atoms with Crippen molar-refractivity contribution in [3.63, 3.8) is 0 Å². The van der Waals surface area contributed by atoms with Crippen LogP contribution in [0.1, 0.15) is 25.7 Å². The maximum absolute atomic E-state index is 13.6. The van der Waals surface area contributed by atoms with Gasteiger partial charge >= 0.3 is 0 Å². The van der Waals surface area contributed by atoms with Gasteiger partial charge in [-0.2, -0.15) is 0 Å². The summed E-state index contributed by atoms with van der Waals surface area (Å²) in [6, 6.07) is 2.82. The second-order valence-electron chi connectivity index (χ2n) is 4.86. The van der Waals surface area contributed by atoms with E-state index in [0.717, 1.165) is 25.7 Å². The molecule has 1 amide bonds. The Morgan fingerprint density at radius 2 is 2.05 bits per heavy atom. The van der Waals surface area contributed by atoms with Gasteiger partial charge < -0.3 is 16.4 Å². The third kappa shape index (κ3) is 3.10. The van der Waals surface area contributed by atoms with E-state index in [2.05, 4.69) is 0 Å². The van der Waals surface area contributed by atoms with Crippen LogP contribution in [0.5, 0.6) is 0 Å². The highest BCUT2D eigenvalue weighted by Gasteiger charge is 2.26. The van der Waals surface area contributed by atoms with Gasteiger partial charge in [-0.1, -0.05) is 24.4 Å². The molecule has 1 saturated carbocycles. The average Bonchev–Trinajstić information content (AvgIpc) is 2.84. The van der Waals surface area contributed by atoms with E-state index in [4.69, 9.17) is 23.1 Å². The highest BCUT2D eigenvalue weighted by Crippen LogP contribution is 2.34. The maximum Gasteiger partial charge on any atom is 0.236 e. The van der Waals surface area contributed by atoms with Crippen molar-refractivity contribution in [3.05, 3.63) is 23.0 Å². The summed E-state index contributed by atoms with van der Waals surface area (Å²) in [6.07, 6.45) is 4.10. The van der Waals surface area contributed by atoms with E-state index < -0.39 is 11.7 Å². The van der Waals surface area contributed by atoms with Crippen molar-refractivity contribution in [2.24, 2.45) is 5.73 Å². The molecule has 4 N–H and O–H groups in total. The van der Waals surface area contributed by atoms with Crippen molar-refractivity contribution >= 4 is 28.9 Å². The molecule has 104 valence electrons. The van der Waals surface area contributed by atoms with Gasteiger partial charge in [0.1, 0.15) is 5.82 Å². The van der Waals surface area contributed by atoms with E-state index in [1.807, 2.05) is 0 Å². The number of carbonyl (C=O) groups is 1. The van der Waals surface area contributed by atoms with Crippen molar-refractivity contribution in [2.75, 3.05) is 17.2 Å². The second kappa shape index (κ2) is 5.65. The van der Waals surface area contributed by atoms with Crippen LogP contribution in [0.3, 0.4) is 0 Å². The van der Waals surface area contributed by atoms with E-state index in [0.29, 0.717) is 11.4 Å². The number of halogens is 2. The summed E-state index contributed by atoms with van der Waals surface area (Å²) in [5.41, 5.74) is 12.0. The van der Waals surface area contributed by atoms with Crippen LogP contribution in [-0.4, -0.2) is 18.5 Å². The first-order chi connectivity index (χ1) is 8.99. The molecule has 6 heteroatoms. The number of anilines is 2. The van der Waals surface area contributed by atoms with Crippen LogP contribution in [-0.2, 0) is 4.79 Å². The number of nitrogen functional groups attached to an aromatic ring is 1. The zero-order valence-electron chi connectivity index (χ0n) is 10.5. The standard InChI is InChI=1S/C13H17ClFN3O/c14-9-5-11(16)12(6-10(9)15)18(7-13(17)19)8-3-1-2-4-8/h5-6,8H,1-4,7,16H2,(H2,17,19). The molecule has 1 fully saturated rings. The summed E-state index contributed by atoms with van der Waals surface area (Å²) in [5.74, 6) is -1.00. The molecular weight excluding hydrogens is 269 g/mol. The number of amides is 1. The highest BCUT2D eigenvalue weighted by atomic mass is 35.5. The second-order valence-corrected chi connectivity index (χ2v) is 5.26. The molecule has 0 heterocycles. The summed E-state index contributed by atoms with van der Waals surface area (Å²) < 4.78 is 13.6. The molecule has 0 bridgehead atoms. The smallest absolute Gasteiger partial charge is 0.236 e. The molecule has 0 atom stereocenters. The molecule has 0 unspecified atom stereocenters. The lowest BCUT2D eigenvalue weighted by Gasteiger charge is -2.31. The molecule has 1 aromatic carbocycles. The van der Waals surface area contributed by atoms with Crippen molar-refractivity contribution < 1.29 is 9.18 Å². The molecule has 1 aliphatic carbocycles. The fourth-order valence-corrected chi connectivity index (χ4v) is 2.77. The first-order valence-corrected chi connectivity index (χ1v) is 6.66. The summed E-state index contributed by atoms with van der Waals surface area (Å²) in [5, 5.41) is -0.0216. The van der Waals surface area contributed by atoms with Crippen molar-refractivity contribution in [2.45, 2.75) is 31.7 Å².